The first-order valence-corrected chi connectivity index (χ1v) is 13.9. The Kier molecular flexibility index (Phi) is 7.82. The van der Waals surface area contributed by atoms with Crippen molar-refractivity contribution in [3.05, 3.63) is 72.0 Å². The Balaban J connectivity index is 1.48. The highest BCUT2D eigenvalue weighted by atomic mass is 32.2. The zero-order valence-electron chi connectivity index (χ0n) is 21.3. The summed E-state index contributed by atoms with van der Waals surface area (Å²) >= 11 is 0. The highest BCUT2D eigenvalue weighted by Gasteiger charge is 2.35. The second-order valence-corrected chi connectivity index (χ2v) is 11.6. The van der Waals surface area contributed by atoms with E-state index < -0.39 is 16.1 Å². The minimum Gasteiger partial charge on any atom is -0.354 e. The normalized spacial score (nSPS) is 14.7. The molecule has 0 spiro atoms. The Labute approximate surface area is 217 Å². The second-order valence-electron chi connectivity index (χ2n) is 9.78. The van der Waals surface area contributed by atoms with Gasteiger partial charge in [-0.1, -0.05) is 50.2 Å². The van der Waals surface area contributed by atoms with E-state index >= 15 is 0 Å². The van der Waals surface area contributed by atoms with Crippen LogP contribution >= 0.6 is 0 Å². The number of benzene rings is 3. The van der Waals surface area contributed by atoms with Crippen LogP contribution in [-0.4, -0.2) is 44.3 Å². The van der Waals surface area contributed by atoms with Crippen LogP contribution in [0.2, 0.25) is 0 Å². The smallest absolute Gasteiger partial charge is 0.265 e. The molecule has 3 aromatic carbocycles. The molecule has 1 unspecified atom stereocenters. The van der Waals surface area contributed by atoms with Gasteiger partial charge in [-0.15, -0.1) is 0 Å². The van der Waals surface area contributed by atoms with Crippen LogP contribution in [0.5, 0.6) is 0 Å². The van der Waals surface area contributed by atoms with E-state index in [9.17, 15) is 22.4 Å². The Hall–Kier alpha value is -3.46. The molecule has 7 nitrogen and oxygen atoms in total. The van der Waals surface area contributed by atoms with Crippen LogP contribution in [0.15, 0.2) is 65.6 Å². The first-order chi connectivity index (χ1) is 17.6. The molecule has 1 aliphatic heterocycles. The summed E-state index contributed by atoms with van der Waals surface area (Å²) in [4.78, 5) is 27.9. The van der Waals surface area contributed by atoms with Gasteiger partial charge >= 0.3 is 0 Å². The number of rotatable bonds is 10. The summed E-state index contributed by atoms with van der Waals surface area (Å²) in [5.41, 5.74) is 1.31. The minimum absolute atomic E-state index is 0.0569. The van der Waals surface area contributed by atoms with Crippen molar-refractivity contribution < 1.29 is 22.4 Å². The van der Waals surface area contributed by atoms with Crippen molar-refractivity contribution in [2.24, 2.45) is 5.92 Å². The van der Waals surface area contributed by atoms with Crippen LogP contribution in [-0.2, 0) is 26.2 Å². The summed E-state index contributed by atoms with van der Waals surface area (Å²) < 4.78 is 41.2. The fourth-order valence-electron chi connectivity index (χ4n) is 4.54. The number of hydrogen-bond acceptors (Lipinski definition) is 4. The van der Waals surface area contributed by atoms with Gasteiger partial charge in [0, 0.05) is 31.4 Å². The van der Waals surface area contributed by atoms with Gasteiger partial charge in [0.2, 0.25) is 11.8 Å². The Morgan fingerprint density at radius 1 is 1.00 bits per heavy atom. The third-order valence-corrected chi connectivity index (χ3v) is 8.41. The number of halogens is 1. The zero-order valence-corrected chi connectivity index (χ0v) is 22.1. The molecule has 2 amide bonds. The Bertz CT molecular complexity index is 1400. The molecule has 0 saturated heterocycles. The van der Waals surface area contributed by atoms with Crippen molar-refractivity contribution in [1.82, 2.24) is 10.2 Å². The van der Waals surface area contributed by atoms with Gasteiger partial charge in [0.15, 0.2) is 0 Å². The first kappa shape index (κ1) is 26.6. The molecule has 0 saturated carbocycles. The molecule has 4 rings (SSSR count). The molecule has 1 heterocycles. The molecule has 0 radical (unpaired) electrons. The standard InChI is InChI=1S/C28H32FN3O4S/c1-19(2)17-30-28(34)20(3)31(18-21-12-14-23(29)15-13-21)26(33)11-6-16-32-24-9-4-7-22-8-5-10-25(27(22)24)37(32,35)36/h4-5,7-10,12-15,19-20H,6,11,16-18H2,1-3H3,(H,30,34). The van der Waals surface area contributed by atoms with Crippen LogP contribution in [0.4, 0.5) is 10.1 Å². The monoisotopic (exact) mass is 525 g/mol. The van der Waals surface area contributed by atoms with Gasteiger partial charge in [0.05, 0.1) is 10.6 Å². The van der Waals surface area contributed by atoms with Crippen molar-refractivity contribution in [3.63, 3.8) is 0 Å². The maximum atomic E-state index is 13.4. The van der Waals surface area contributed by atoms with E-state index in [0.29, 0.717) is 23.2 Å². The molecule has 1 atom stereocenters. The molecule has 0 bridgehead atoms. The van der Waals surface area contributed by atoms with Crippen LogP contribution < -0.4 is 9.62 Å². The highest BCUT2D eigenvalue weighted by Crippen LogP contribution is 2.42. The maximum absolute atomic E-state index is 13.4. The SMILES string of the molecule is CC(C)CNC(=O)C(C)N(Cc1ccc(F)cc1)C(=O)CCCN1c2cccc3cccc(c23)S1(=O)=O. The second kappa shape index (κ2) is 10.9. The summed E-state index contributed by atoms with van der Waals surface area (Å²) in [6.45, 7) is 6.40. The van der Waals surface area contributed by atoms with Crippen LogP contribution in [0, 0.1) is 11.7 Å². The third-order valence-electron chi connectivity index (χ3n) is 6.55. The van der Waals surface area contributed by atoms with Crippen LogP contribution in [0.1, 0.15) is 39.2 Å². The molecule has 0 fully saturated rings. The predicted octanol–water partition coefficient (Wildman–Crippen LogP) is 4.46. The van der Waals surface area contributed by atoms with Gasteiger partial charge < -0.3 is 10.2 Å². The number of sulfonamides is 1. The van der Waals surface area contributed by atoms with Gasteiger partial charge in [-0.25, -0.2) is 12.8 Å². The van der Waals surface area contributed by atoms with E-state index in [4.69, 9.17) is 0 Å². The fourth-order valence-corrected chi connectivity index (χ4v) is 6.29. The molecule has 1 N–H and O–H groups in total. The number of amides is 2. The molecule has 9 heteroatoms. The lowest BCUT2D eigenvalue weighted by molar-refractivity contribution is -0.140. The largest absolute Gasteiger partial charge is 0.354 e. The lowest BCUT2D eigenvalue weighted by atomic mass is 10.1. The van der Waals surface area contributed by atoms with Gasteiger partial charge in [0.25, 0.3) is 10.0 Å². The van der Waals surface area contributed by atoms with Crippen LogP contribution in [0.25, 0.3) is 10.8 Å². The van der Waals surface area contributed by atoms with Crippen molar-refractivity contribution in [3.8, 4) is 0 Å². The van der Waals surface area contributed by atoms with Gasteiger partial charge in [0.1, 0.15) is 11.9 Å². The topological polar surface area (TPSA) is 86.8 Å². The summed E-state index contributed by atoms with van der Waals surface area (Å²) in [6, 6.07) is 15.8. The van der Waals surface area contributed by atoms with E-state index in [0.717, 1.165) is 5.39 Å². The number of anilines is 1. The molecule has 3 aromatic rings. The lowest BCUT2D eigenvalue weighted by Crippen LogP contribution is -2.48. The van der Waals surface area contributed by atoms with Gasteiger partial charge in [-0.2, -0.15) is 0 Å². The van der Waals surface area contributed by atoms with Crippen molar-refractivity contribution in [2.45, 2.75) is 51.1 Å². The number of hydrogen-bond donors (Lipinski definition) is 1. The lowest BCUT2D eigenvalue weighted by Gasteiger charge is -2.29. The van der Waals surface area contributed by atoms with Crippen molar-refractivity contribution >= 4 is 38.3 Å². The molecular weight excluding hydrogens is 493 g/mol. The molecule has 1 aliphatic rings. The molecule has 0 aromatic heterocycles. The van der Waals surface area contributed by atoms with Crippen LogP contribution in [0.3, 0.4) is 0 Å². The summed E-state index contributed by atoms with van der Waals surface area (Å²) in [6.07, 6.45) is 0.337. The molecule has 0 aliphatic carbocycles. The average molecular weight is 526 g/mol. The first-order valence-electron chi connectivity index (χ1n) is 12.5. The van der Waals surface area contributed by atoms with Gasteiger partial charge in [-0.3, -0.25) is 13.9 Å². The van der Waals surface area contributed by atoms with E-state index in [2.05, 4.69) is 5.32 Å². The predicted molar refractivity (Wildman–Crippen MR) is 142 cm³/mol. The highest BCUT2D eigenvalue weighted by molar-refractivity contribution is 7.93. The molecule has 196 valence electrons. The maximum Gasteiger partial charge on any atom is 0.265 e. The Morgan fingerprint density at radius 2 is 1.68 bits per heavy atom. The zero-order chi connectivity index (χ0) is 26.7. The third kappa shape index (κ3) is 5.61. The van der Waals surface area contributed by atoms with E-state index in [1.807, 2.05) is 32.0 Å². The Morgan fingerprint density at radius 3 is 2.35 bits per heavy atom. The van der Waals surface area contributed by atoms with E-state index in [1.165, 1.54) is 21.3 Å². The fraction of sp³-hybridized carbons (Fsp3) is 0.357. The van der Waals surface area contributed by atoms with Gasteiger partial charge in [-0.05, 0) is 54.5 Å². The summed E-state index contributed by atoms with van der Waals surface area (Å²) in [7, 11) is -3.71. The quantitative estimate of drug-likeness (QED) is 0.424. The average Bonchev–Trinajstić information content (AvgIpc) is 3.09. The van der Waals surface area contributed by atoms with Crippen molar-refractivity contribution in [1.29, 1.82) is 0 Å². The number of nitrogens with zero attached hydrogens (tertiary/aromatic N) is 2. The molecule has 37 heavy (non-hydrogen) atoms. The number of carbonyl (C=O) groups is 2. The minimum atomic E-state index is -3.71. The van der Waals surface area contributed by atoms with E-state index in [-0.39, 0.29) is 54.4 Å². The van der Waals surface area contributed by atoms with Crippen molar-refractivity contribution in [2.75, 3.05) is 17.4 Å². The van der Waals surface area contributed by atoms with E-state index in [1.54, 1.807) is 37.3 Å². The summed E-state index contributed by atoms with van der Waals surface area (Å²) in [5.74, 6) is -0.669. The molecular formula is C28H32FN3O4S. The number of carbonyl (C=O) groups excluding carboxylic acids is 2. The summed E-state index contributed by atoms with van der Waals surface area (Å²) in [5, 5.41) is 4.41. The number of nitrogens with one attached hydrogen (secondary N) is 1.